The van der Waals surface area contributed by atoms with Gasteiger partial charge in [-0.25, -0.2) is 0 Å². The van der Waals surface area contributed by atoms with Gasteiger partial charge in [-0.15, -0.1) is 0 Å². The van der Waals surface area contributed by atoms with Crippen LogP contribution in [0.25, 0.3) is 11.1 Å². The zero-order valence-electron chi connectivity index (χ0n) is 12.2. The lowest BCUT2D eigenvalue weighted by Gasteiger charge is -2.17. The molecule has 0 spiro atoms. The van der Waals surface area contributed by atoms with Crippen LogP contribution in [-0.4, -0.2) is 9.78 Å². The SMILES string of the molecule is Cn1nc(CC(C)(C)C)c(-c2ccc(Cl)cc2Cl)c1N. The molecule has 2 N–H and O–H groups in total. The van der Waals surface area contributed by atoms with Crippen LogP contribution in [0.1, 0.15) is 26.5 Å². The van der Waals surface area contributed by atoms with Crippen molar-refractivity contribution in [2.24, 2.45) is 12.5 Å². The number of rotatable bonds is 2. The number of halogens is 2. The first-order chi connectivity index (χ1) is 9.19. The Morgan fingerprint density at radius 3 is 2.45 bits per heavy atom. The van der Waals surface area contributed by atoms with E-state index in [1.807, 2.05) is 19.2 Å². The van der Waals surface area contributed by atoms with E-state index in [9.17, 15) is 0 Å². The first-order valence-electron chi connectivity index (χ1n) is 6.46. The Labute approximate surface area is 129 Å². The Morgan fingerprint density at radius 1 is 1.25 bits per heavy atom. The second-order valence-electron chi connectivity index (χ2n) is 6.19. The molecule has 3 nitrogen and oxygen atoms in total. The third kappa shape index (κ3) is 3.10. The number of hydrogen-bond donors (Lipinski definition) is 1. The highest BCUT2D eigenvalue weighted by Crippen LogP contribution is 2.38. The summed E-state index contributed by atoms with van der Waals surface area (Å²) in [7, 11) is 1.84. The molecule has 0 aliphatic rings. The van der Waals surface area contributed by atoms with Gasteiger partial charge in [0, 0.05) is 23.2 Å². The molecule has 0 saturated carbocycles. The number of aromatic nitrogens is 2. The standard InChI is InChI=1S/C15H19Cl2N3/c1-15(2,3)8-12-13(14(18)20(4)19-12)10-6-5-9(16)7-11(10)17/h5-7H,8,18H2,1-4H3. The number of nitrogen functional groups attached to an aromatic ring is 1. The molecular weight excluding hydrogens is 293 g/mol. The van der Waals surface area contributed by atoms with Crippen molar-refractivity contribution in [2.75, 3.05) is 5.73 Å². The summed E-state index contributed by atoms with van der Waals surface area (Å²) < 4.78 is 1.70. The molecule has 2 aromatic rings. The van der Waals surface area contributed by atoms with Crippen LogP contribution in [0.15, 0.2) is 18.2 Å². The Morgan fingerprint density at radius 2 is 1.90 bits per heavy atom. The highest BCUT2D eigenvalue weighted by atomic mass is 35.5. The first kappa shape index (κ1) is 15.2. The van der Waals surface area contributed by atoms with E-state index in [4.69, 9.17) is 28.9 Å². The second-order valence-corrected chi connectivity index (χ2v) is 7.04. The molecule has 5 heteroatoms. The van der Waals surface area contributed by atoms with E-state index < -0.39 is 0 Å². The van der Waals surface area contributed by atoms with E-state index in [1.54, 1.807) is 10.7 Å². The third-order valence-electron chi connectivity index (χ3n) is 3.06. The minimum absolute atomic E-state index is 0.119. The molecule has 1 aromatic heterocycles. The summed E-state index contributed by atoms with van der Waals surface area (Å²) in [6, 6.07) is 5.44. The van der Waals surface area contributed by atoms with Gasteiger partial charge in [0.1, 0.15) is 5.82 Å². The minimum Gasteiger partial charge on any atom is -0.383 e. The summed E-state index contributed by atoms with van der Waals surface area (Å²) in [4.78, 5) is 0. The molecule has 1 aromatic carbocycles. The van der Waals surface area contributed by atoms with Crippen molar-refractivity contribution in [1.82, 2.24) is 9.78 Å². The molecule has 0 fully saturated rings. The molecule has 0 atom stereocenters. The maximum Gasteiger partial charge on any atom is 0.129 e. The van der Waals surface area contributed by atoms with Gasteiger partial charge >= 0.3 is 0 Å². The van der Waals surface area contributed by atoms with E-state index in [0.717, 1.165) is 23.2 Å². The smallest absolute Gasteiger partial charge is 0.129 e. The average Bonchev–Trinajstić information content (AvgIpc) is 2.53. The number of hydrogen-bond acceptors (Lipinski definition) is 2. The van der Waals surface area contributed by atoms with E-state index in [1.165, 1.54) is 0 Å². The third-order valence-corrected chi connectivity index (χ3v) is 3.61. The van der Waals surface area contributed by atoms with Gasteiger partial charge in [-0.3, -0.25) is 4.68 Å². The van der Waals surface area contributed by atoms with Gasteiger partial charge in [-0.05, 0) is 24.0 Å². The lowest BCUT2D eigenvalue weighted by molar-refractivity contribution is 0.405. The maximum absolute atomic E-state index is 6.31. The Bertz CT molecular complexity index is 639. The number of benzene rings is 1. The number of nitrogens with two attached hydrogens (primary N) is 1. The van der Waals surface area contributed by atoms with Gasteiger partial charge in [-0.1, -0.05) is 50.0 Å². The van der Waals surface area contributed by atoms with Crippen LogP contribution in [-0.2, 0) is 13.5 Å². The maximum atomic E-state index is 6.31. The van der Waals surface area contributed by atoms with Gasteiger partial charge in [-0.2, -0.15) is 5.10 Å². The molecular formula is C15H19Cl2N3. The van der Waals surface area contributed by atoms with Gasteiger partial charge in [0.25, 0.3) is 0 Å². The molecule has 1 heterocycles. The summed E-state index contributed by atoms with van der Waals surface area (Å²) in [5.74, 6) is 0.619. The minimum atomic E-state index is 0.119. The van der Waals surface area contributed by atoms with Crippen LogP contribution in [0, 0.1) is 5.41 Å². The lowest BCUT2D eigenvalue weighted by Crippen LogP contribution is -2.10. The van der Waals surface area contributed by atoms with Crippen LogP contribution >= 0.6 is 23.2 Å². The first-order valence-corrected chi connectivity index (χ1v) is 7.21. The van der Waals surface area contributed by atoms with Crippen molar-refractivity contribution in [2.45, 2.75) is 27.2 Å². The van der Waals surface area contributed by atoms with Crippen LogP contribution in [0.4, 0.5) is 5.82 Å². The highest BCUT2D eigenvalue weighted by molar-refractivity contribution is 6.36. The van der Waals surface area contributed by atoms with Crippen LogP contribution in [0.2, 0.25) is 10.0 Å². The zero-order valence-corrected chi connectivity index (χ0v) is 13.7. The molecule has 0 bridgehead atoms. The average molecular weight is 312 g/mol. The predicted octanol–water partition coefficient (Wildman–Crippen LogP) is 4.56. The van der Waals surface area contributed by atoms with E-state index in [-0.39, 0.29) is 5.41 Å². The van der Waals surface area contributed by atoms with Crippen LogP contribution in [0.5, 0.6) is 0 Å². The predicted molar refractivity (Wildman–Crippen MR) is 86.2 cm³/mol. The molecule has 0 radical (unpaired) electrons. The fraction of sp³-hybridized carbons (Fsp3) is 0.400. The molecule has 0 aliphatic carbocycles. The second kappa shape index (κ2) is 5.30. The zero-order chi connectivity index (χ0) is 15.1. The quantitative estimate of drug-likeness (QED) is 0.883. The summed E-state index contributed by atoms with van der Waals surface area (Å²) >= 11 is 12.3. The fourth-order valence-corrected chi connectivity index (χ4v) is 2.71. The van der Waals surface area contributed by atoms with Gasteiger partial charge in [0.15, 0.2) is 0 Å². The van der Waals surface area contributed by atoms with E-state index in [2.05, 4.69) is 25.9 Å². The number of anilines is 1. The van der Waals surface area contributed by atoms with Crippen molar-refractivity contribution in [3.8, 4) is 11.1 Å². The summed E-state index contributed by atoms with van der Waals surface area (Å²) in [5, 5.41) is 5.74. The molecule has 0 saturated heterocycles. The summed E-state index contributed by atoms with van der Waals surface area (Å²) in [6.07, 6.45) is 0.826. The number of aryl methyl sites for hydroxylation is 1. The van der Waals surface area contributed by atoms with Crippen molar-refractivity contribution < 1.29 is 0 Å². The molecule has 0 aliphatic heterocycles. The van der Waals surface area contributed by atoms with Gasteiger partial charge in [0.2, 0.25) is 0 Å². The molecule has 0 amide bonds. The molecule has 2 rings (SSSR count). The Hall–Kier alpha value is -1.19. The molecule has 108 valence electrons. The van der Waals surface area contributed by atoms with E-state index >= 15 is 0 Å². The topological polar surface area (TPSA) is 43.8 Å². The lowest BCUT2D eigenvalue weighted by atomic mass is 9.88. The highest BCUT2D eigenvalue weighted by Gasteiger charge is 2.22. The van der Waals surface area contributed by atoms with Crippen LogP contribution in [0.3, 0.4) is 0 Å². The monoisotopic (exact) mass is 311 g/mol. The van der Waals surface area contributed by atoms with E-state index in [0.29, 0.717) is 15.9 Å². The van der Waals surface area contributed by atoms with Crippen molar-refractivity contribution >= 4 is 29.0 Å². The normalized spacial score (nSPS) is 11.9. The fourth-order valence-electron chi connectivity index (χ4n) is 2.21. The summed E-state index contributed by atoms with van der Waals surface area (Å²) in [5.41, 5.74) is 9.03. The van der Waals surface area contributed by atoms with Crippen LogP contribution < -0.4 is 5.73 Å². The van der Waals surface area contributed by atoms with Crippen molar-refractivity contribution in [3.05, 3.63) is 33.9 Å². The molecule has 0 unspecified atom stereocenters. The summed E-state index contributed by atoms with van der Waals surface area (Å²) in [6.45, 7) is 6.52. The number of nitrogens with zero attached hydrogens (tertiary/aromatic N) is 2. The van der Waals surface area contributed by atoms with Gasteiger partial charge < -0.3 is 5.73 Å². The van der Waals surface area contributed by atoms with Gasteiger partial charge in [0.05, 0.1) is 10.7 Å². The largest absolute Gasteiger partial charge is 0.383 e. The van der Waals surface area contributed by atoms with Crippen molar-refractivity contribution in [3.63, 3.8) is 0 Å². The Balaban J connectivity index is 2.60. The van der Waals surface area contributed by atoms with Crippen molar-refractivity contribution in [1.29, 1.82) is 0 Å². The molecule has 20 heavy (non-hydrogen) atoms. The Kier molecular flexibility index (Phi) is 4.03.